The maximum Gasteiger partial charge on any atom is 0.303 e. The molecule has 0 spiro atoms. The lowest BCUT2D eigenvalue weighted by molar-refractivity contribution is -0.384. The van der Waals surface area contributed by atoms with Crippen LogP contribution in [0.3, 0.4) is 0 Å². The van der Waals surface area contributed by atoms with Crippen molar-refractivity contribution in [1.29, 1.82) is 0 Å². The van der Waals surface area contributed by atoms with Crippen molar-refractivity contribution in [1.82, 2.24) is 16.0 Å². The first-order valence-corrected chi connectivity index (χ1v) is 10.5. The number of aliphatic carboxylic acids is 1. The number of rotatable bonds is 12. The zero-order valence-electron chi connectivity index (χ0n) is 19.3. The number of anilines is 1. The Morgan fingerprint density at radius 3 is 1.88 bits per heavy atom. The molecule has 0 saturated carbocycles. The van der Waals surface area contributed by atoms with Gasteiger partial charge in [-0.2, -0.15) is 0 Å². The summed E-state index contributed by atoms with van der Waals surface area (Å²) in [4.78, 5) is 69.8. The lowest BCUT2D eigenvalue weighted by Crippen LogP contribution is -2.55. The first-order chi connectivity index (χ1) is 15.8. The van der Waals surface area contributed by atoms with Crippen LogP contribution in [0.4, 0.5) is 11.4 Å². The van der Waals surface area contributed by atoms with Gasteiger partial charge in [0.1, 0.15) is 18.1 Å². The van der Waals surface area contributed by atoms with E-state index in [0.717, 1.165) is 0 Å². The molecule has 3 unspecified atom stereocenters. The number of benzene rings is 1. The molecule has 3 atom stereocenters. The standard InChI is InChI=1S/C21H29N5O8/c1-11(2)18(21(32)24-14-5-7-15(8-6-14)26(33)34)25-20(31)13(4)23-19(30)12(3)22-16(27)9-10-17(28)29/h5-8,11-13,18H,9-10H2,1-4H3,(H,22,27)(H,23,30)(H,24,32)(H,25,31)(H,28,29). The van der Waals surface area contributed by atoms with Crippen molar-refractivity contribution in [2.45, 2.75) is 58.7 Å². The van der Waals surface area contributed by atoms with E-state index >= 15 is 0 Å². The van der Waals surface area contributed by atoms with E-state index < -0.39 is 52.6 Å². The highest BCUT2D eigenvalue weighted by Crippen LogP contribution is 2.16. The average Bonchev–Trinajstić information content (AvgIpc) is 2.75. The number of carbonyl (C=O) groups excluding carboxylic acids is 4. The molecule has 0 bridgehead atoms. The molecule has 0 aliphatic heterocycles. The van der Waals surface area contributed by atoms with Crippen molar-refractivity contribution in [3.8, 4) is 0 Å². The van der Waals surface area contributed by atoms with Gasteiger partial charge in [0, 0.05) is 24.2 Å². The van der Waals surface area contributed by atoms with Crippen LogP contribution in [0.5, 0.6) is 0 Å². The van der Waals surface area contributed by atoms with E-state index in [1.165, 1.54) is 38.1 Å². The summed E-state index contributed by atoms with van der Waals surface area (Å²) in [6.45, 7) is 6.20. The number of nitro groups is 1. The number of nitro benzene ring substituents is 1. The van der Waals surface area contributed by atoms with Crippen molar-refractivity contribution in [3.05, 3.63) is 34.4 Å². The van der Waals surface area contributed by atoms with Crippen LogP contribution in [0.15, 0.2) is 24.3 Å². The fourth-order valence-electron chi connectivity index (χ4n) is 2.70. The Morgan fingerprint density at radius 2 is 1.38 bits per heavy atom. The van der Waals surface area contributed by atoms with Gasteiger partial charge in [-0.25, -0.2) is 0 Å². The van der Waals surface area contributed by atoms with Crippen LogP contribution in [0, 0.1) is 16.0 Å². The number of hydrogen-bond donors (Lipinski definition) is 5. The Labute approximate surface area is 195 Å². The number of hydrogen-bond acceptors (Lipinski definition) is 7. The van der Waals surface area contributed by atoms with Gasteiger partial charge in [0.25, 0.3) is 5.69 Å². The molecule has 34 heavy (non-hydrogen) atoms. The van der Waals surface area contributed by atoms with Crippen LogP contribution < -0.4 is 21.3 Å². The molecule has 0 aliphatic rings. The summed E-state index contributed by atoms with van der Waals surface area (Å²) in [5.41, 5.74) is 0.174. The SMILES string of the molecule is CC(NC(=O)CCC(=O)O)C(=O)NC(C)C(=O)NC(C(=O)Nc1ccc([N+](=O)[O-])cc1)C(C)C. The zero-order valence-corrected chi connectivity index (χ0v) is 19.3. The summed E-state index contributed by atoms with van der Waals surface area (Å²) in [6.07, 6.45) is -0.666. The van der Waals surface area contributed by atoms with Crippen molar-refractivity contribution in [2.24, 2.45) is 5.92 Å². The molecule has 0 fully saturated rings. The highest BCUT2D eigenvalue weighted by molar-refractivity contribution is 5.99. The highest BCUT2D eigenvalue weighted by atomic mass is 16.6. The maximum atomic E-state index is 12.7. The molecule has 0 saturated heterocycles. The fourth-order valence-corrected chi connectivity index (χ4v) is 2.70. The molecule has 1 rings (SSSR count). The van der Waals surface area contributed by atoms with E-state index in [0.29, 0.717) is 5.69 Å². The van der Waals surface area contributed by atoms with Gasteiger partial charge in [0.15, 0.2) is 0 Å². The van der Waals surface area contributed by atoms with Gasteiger partial charge in [-0.05, 0) is 31.9 Å². The third kappa shape index (κ3) is 9.22. The van der Waals surface area contributed by atoms with E-state index in [9.17, 15) is 34.1 Å². The van der Waals surface area contributed by atoms with Gasteiger partial charge in [0.05, 0.1) is 11.3 Å². The monoisotopic (exact) mass is 479 g/mol. The topological polar surface area (TPSA) is 197 Å². The largest absolute Gasteiger partial charge is 0.481 e. The summed E-state index contributed by atoms with van der Waals surface area (Å²) in [6, 6.07) is 2.18. The fraction of sp³-hybridized carbons (Fsp3) is 0.476. The number of carboxylic acids is 1. The van der Waals surface area contributed by atoms with Crippen molar-refractivity contribution in [2.75, 3.05) is 5.32 Å². The molecule has 0 heterocycles. The van der Waals surface area contributed by atoms with E-state index in [1.807, 2.05) is 0 Å². The van der Waals surface area contributed by atoms with Gasteiger partial charge in [-0.3, -0.25) is 34.1 Å². The van der Waals surface area contributed by atoms with Gasteiger partial charge in [-0.1, -0.05) is 13.8 Å². The predicted molar refractivity (Wildman–Crippen MR) is 121 cm³/mol. The van der Waals surface area contributed by atoms with Crippen LogP contribution in [0.1, 0.15) is 40.5 Å². The number of carboxylic acid groups (broad SMARTS) is 1. The Morgan fingerprint density at radius 1 is 0.853 bits per heavy atom. The first-order valence-electron chi connectivity index (χ1n) is 10.5. The molecule has 5 N–H and O–H groups in total. The molecule has 13 heteroatoms. The summed E-state index contributed by atoms with van der Waals surface area (Å²) in [5.74, 6) is -3.94. The Hall–Kier alpha value is -4.03. The molecule has 0 radical (unpaired) electrons. The molecule has 13 nitrogen and oxygen atoms in total. The van der Waals surface area contributed by atoms with Gasteiger partial charge in [-0.15, -0.1) is 0 Å². The number of amides is 4. The van der Waals surface area contributed by atoms with Crippen LogP contribution in [0.2, 0.25) is 0 Å². The van der Waals surface area contributed by atoms with Crippen molar-refractivity contribution in [3.63, 3.8) is 0 Å². The van der Waals surface area contributed by atoms with Crippen molar-refractivity contribution >= 4 is 41.0 Å². The minimum absolute atomic E-state index is 0.136. The molecule has 1 aromatic carbocycles. The second kappa shape index (κ2) is 12.9. The first kappa shape index (κ1) is 28.0. The summed E-state index contributed by atoms with van der Waals surface area (Å²) in [7, 11) is 0. The smallest absolute Gasteiger partial charge is 0.303 e. The van der Waals surface area contributed by atoms with Crippen LogP contribution >= 0.6 is 0 Å². The summed E-state index contributed by atoms with van der Waals surface area (Å²) < 4.78 is 0. The Bertz CT molecular complexity index is 932. The lowest BCUT2D eigenvalue weighted by atomic mass is 10.0. The third-order valence-electron chi connectivity index (χ3n) is 4.68. The summed E-state index contributed by atoms with van der Waals surface area (Å²) in [5, 5.41) is 29.2. The molecule has 4 amide bonds. The predicted octanol–water partition coefficient (Wildman–Crippen LogP) is 0.548. The van der Waals surface area contributed by atoms with Gasteiger partial charge < -0.3 is 26.4 Å². The lowest BCUT2D eigenvalue weighted by Gasteiger charge is -2.24. The van der Waals surface area contributed by atoms with E-state index in [4.69, 9.17) is 5.11 Å². The molecule has 186 valence electrons. The minimum Gasteiger partial charge on any atom is -0.481 e. The molecule has 0 aliphatic carbocycles. The average molecular weight is 479 g/mol. The second-order valence-electron chi connectivity index (χ2n) is 7.94. The number of non-ortho nitro benzene ring substituents is 1. The van der Waals surface area contributed by atoms with Crippen molar-refractivity contribution < 1.29 is 34.0 Å². The van der Waals surface area contributed by atoms with E-state index in [2.05, 4.69) is 21.3 Å². The third-order valence-corrected chi connectivity index (χ3v) is 4.68. The van der Waals surface area contributed by atoms with Crippen LogP contribution in [-0.4, -0.2) is 57.8 Å². The van der Waals surface area contributed by atoms with E-state index in [-0.39, 0.29) is 24.4 Å². The number of nitrogens with one attached hydrogen (secondary N) is 4. The Kier molecular flexibility index (Phi) is 10.6. The van der Waals surface area contributed by atoms with Gasteiger partial charge >= 0.3 is 5.97 Å². The van der Waals surface area contributed by atoms with Crippen LogP contribution in [-0.2, 0) is 24.0 Å². The number of carbonyl (C=O) groups is 5. The molecular formula is C21H29N5O8. The summed E-state index contributed by atoms with van der Waals surface area (Å²) >= 11 is 0. The maximum absolute atomic E-state index is 12.7. The molecule has 1 aromatic rings. The van der Waals surface area contributed by atoms with Crippen LogP contribution in [0.25, 0.3) is 0 Å². The van der Waals surface area contributed by atoms with Gasteiger partial charge in [0.2, 0.25) is 23.6 Å². The second-order valence-corrected chi connectivity index (χ2v) is 7.94. The highest BCUT2D eigenvalue weighted by Gasteiger charge is 2.28. The van der Waals surface area contributed by atoms with E-state index in [1.54, 1.807) is 13.8 Å². The molecular weight excluding hydrogens is 450 g/mol. The Balaban J connectivity index is 2.67. The minimum atomic E-state index is -1.14. The molecule has 0 aromatic heterocycles. The number of nitrogens with zero attached hydrogens (tertiary/aromatic N) is 1. The zero-order chi connectivity index (χ0) is 26.0. The normalized spacial score (nSPS) is 13.2. The quantitative estimate of drug-likeness (QED) is 0.211.